The Labute approximate surface area is 150 Å². The summed E-state index contributed by atoms with van der Waals surface area (Å²) in [6.45, 7) is 1.94. The van der Waals surface area contributed by atoms with Crippen LogP contribution < -0.4 is 10.6 Å². The van der Waals surface area contributed by atoms with Crippen LogP contribution in [-0.4, -0.2) is 41.6 Å². The van der Waals surface area contributed by atoms with E-state index in [-0.39, 0.29) is 31.3 Å². The molecule has 1 fully saturated rings. The number of rotatable bonds is 7. The fraction of sp³-hybridized carbons (Fsp3) is 0.471. The Morgan fingerprint density at radius 3 is 2.52 bits per heavy atom. The van der Waals surface area contributed by atoms with Crippen molar-refractivity contribution in [1.29, 1.82) is 0 Å². The zero-order valence-electron chi connectivity index (χ0n) is 13.9. The molecule has 0 bridgehead atoms. The first-order valence-electron chi connectivity index (χ1n) is 7.93. The Hall–Kier alpha value is -2.12. The van der Waals surface area contributed by atoms with E-state index in [1.807, 2.05) is 0 Å². The highest BCUT2D eigenvalue weighted by Crippen LogP contribution is 2.25. The van der Waals surface area contributed by atoms with Gasteiger partial charge in [-0.15, -0.1) is 0 Å². The Bertz CT molecular complexity index is 641. The van der Waals surface area contributed by atoms with Crippen molar-refractivity contribution in [3.63, 3.8) is 0 Å². The molecule has 0 aromatic heterocycles. The SMILES string of the molecule is CC(=O)NC(CC(=O)NC1(CC(=O)O)CCOC1)c1ccc(Cl)cc1. The summed E-state index contributed by atoms with van der Waals surface area (Å²) in [6, 6.07) is 6.31. The normalized spacial score (nSPS) is 20.7. The summed E-state index contributed by atoms with van der Waals surface area (Å²) in [5, 5.41) is 15.2. The number of aliphatic carboxylic acids is 1. The fourth-order valence-electron chi connectivity index (χ4n) is 2.90. The number of halogens is 1. The smallest absolute Gasteiger partial charge is 0.305 e. The van der Waals surface area contributed by atoms with E-state index >= 15 is 0 Å². The number of nitrogens with one attached hydrogen (secondary N) is 2. The first-order chi connectivity index (χ1) is 11.8. The second kappa shape index (κ2) is 8.31. The minimum atomic E-state index is -0.998. The summed E-state index contributed by atoms with van der Waals surface area (Å²) in [7, 11) is 0. The van der Waals surface area contributed by atoms with Gasteiger partial charge < -0.3 is 20.5 Å². The summed E-state index contributed by atoms with van der Waals surface area (Å²) >= 11 is 5.87. The minimum absolute atomic E-state index is 0.0113. The van der Waals surface area contributed by atoms with Crippen molar-refractivity contribution >= 4 is 29.4 Å². The molecule has 1 aromatic rings. The average Bonchev–Trinajstić information content (AvgIpc) is 2.93. The molecule has 3 N–H and O–H groups in total. The van der Waals surface area contributed by atoms with Gasteiger partial charge in [-0.05, 0) is 24.1 Å². The van der Waals surface area contributed by atoms with Crippen LogP contribution in [0.4, 0.5) is 0 Å². The zero-order valence-corrected chi connectivity index (χ0v) is 14.6. The number of carbonyl (C=O) groups is 3. The van der Waals surface area contributed by atoms with E-state index in [0.717, 1.165) is 5.56 Å². The standard InChI is InChI=1S/C17H21ClN2O5/c1-11(21)19-14(12-2-4-13(18)5-3-12)8-15(22)20-17(9-16(23)24)6-7-25-10-17/h2-5,14H,6-10H2,1H3,(H,19,21)(H,20,22)(H,23,24). The van der Waals surface area contributed by atoms with E-state index in [2.05, 4.69) is 10.6 Å². The number of benzene rings is 1. The highest BCUT2D eigenvalue weighted by Gasteiger charge is 2.39. The second-order valence-electron chi connectivity index (χ2n) is 6.21. The summed E-state index contributed by atoms with van der Waals surface area (Å²) in [4.78, 5) is 35.0. The molecule has 2 rings (SSSR count). The Balaban J connectivity index is 2.09. The molecule has 0 spiro atoms. The maximum Gasteiger partial charge on any atom is 0.305 e. The molecule has 7 nitrogen and oxygen atoms in total. The van der Waals surface area contributed by atoms with E-state index in [0.29, 0.717) is 18.1 Å². The fourth-order valence-corrected chi connectivity index (χ4v) is 3.03. The van der Waals surface area contributed by atoms with Gasteiger partial charge in [-0.2, -0.15) is 0 Å². The van der Waals surface area contributed by atoms with Gasteiger partial charge in [0, 0.05) is 18.6 Å². The van der Waals surface area contributed by atoms with Crippen molar-refractivity contribution in [2.45, 2.75) is 37.8 Å². The van der Waals surface area contributed by atoms with Gasteiger partial charge in [0.2, 0.25) is 11.8 Å². The molecule has 2 unspecified atom stereocenters. The molecule has 1 aromatic carbocycles. The van der Waals surface area contributed by atoms with Crippen LogP contribution in [-0.2, 0) is 19.1 Å². The molecule has 1 aliphatic heterocycles. The third-order valence-electron chi connectivity index (χ3n) is 4.04. The van der Waals surface area contributed by atoms with Crippen LogP contribution in [0.3, 0.4) is 0 Å². The molecule has 25 heavy (non-hydrogen) atoms. The number of ether oxygens (including phenoxy) is 1. The van der Waals surface area contributed by atoms with Crippen molar-refractivity contribution < 1.29 is 24.2 Å². The number of carboxylic acid groups (broad SMARTS) is 1. The molecule has 1 heterocycles. The quantitative estimate of drug-likeness (QED) is 0.678. The summed E-state index contributed by atoms with van der Waals surface area (Å²) in [5.74, 6) is -1.61. The van der Waals surface area contributed by atoms with Gasteiger partial charge >= 0.3 is 5.97 Å². The Morgan fingerprint density at radius 2 is 2.00 bits per heavy atom. The molecule has 1 aliphatic rings. The first-order valence-corrected chi connectivity index (χ1v) is 8.31. The van der Waals surface area contributed by atoms with E-state index in [9.17, 15) is 14.4 Å². The number of carboxylic acids is 1. The molecule has 0 saturated carbocycles. The van der Waals surface area contributed by atoms with Gasteiger partial charge in [-0.3, -0.25) is 14.4 Å². The number of carbonyl (C=O) groups excluding carboxylic acids is 2. The van der Waals surface area contributed by atoms with Crippen LogP contribution in [0, 0.1) is 0 Å². The lowest BCUT2D eigenvalue weighted by molar-refractivity contribution is -0.139. The number of amides is 2. The van der Waals surface area contributed by atoms with Gasteiger partial charge in [0.15, 0.2) is 0 Å². The number of hydrogen-bond acceptors (Lipinski definition) is 4. The minimum Gasteiger partial charge on any atom is -0.481 e. The molecule has 0 aliphatic carbocycles. The van der Waals surface area contributed by atoms with Crippen LogP contribution in [0.25, 0.3) is 0 Å². The van der Waals surface area contributed by atoms with Crippen LogP contribution in [0.15, 0.2) is 24.3 Å². The third kappa shape index (κ3) is 5.72. The Kier molecular flexibility index (Phi) is 6.39. The number of hydrogen-bond donors (Lipinski definition) is 3. The van der Waals surface area contributed by atoms with Crippen molar-refractivity contribution in [2.75, 3.05) is 13.2 Å². The molecule has 2 atom stereocenters. The highest BCUT2D eigenvalue weighted by atomic mass is 35.5. The molecule has 0 radical (unpaired) electrons. The molecular weight excluding hydrogens is 348 g/mol. The predicted molar refractivity (Wildman–Crippen MR) is 91.2 cm³/mol. The van der Waals surface area contributed by atoms with Crippen LogP contribution >= 0.6 is 11.6 Å². The first kappa shape index (κ1) is 19.2. The maximum atomic E-state index is 12.5. The predicted octanol–water partition coefficient (Wildman–Crippen LogP) is 1.66. The van der Waals surface area contributed by atoms with Gasteiger partial charge in [0.1, 0.15) is 0 Å². The monoisotopic (exact) mass is 368 g/mol. The molecule has 1 saturated heterocycles. The summed E-state index contributed by atoms with van der Waals surface area (Å²) in [5.41, 5.74) is -0.159. The lowest BCUT2D eigenvalue weighted by atomic mass is 9.93. The lowest BCUT2D eigenvalue weighted by Gasteiger charge is -2.28. The van der Waals surface area contributed by atoms with Crippen LogP contribution in [0.5, 0.6) is 0 Å². The van der Waals surface area contributed by atoms with E-state index in [1.54, 1.807) is 24.3 Å². The van der Waals surface area contributed by atoms with Crippen LogP contribution in [0.2, 0.25) is 5.02 Å². The second-order valence-corrected chi connectivity index (χ2v) is 6.65. The topological polar surface area (TPSA) is 105 Å². The van der Waals surface area contributed by atoms with Crippen molar-refractivity contribution in [3.05, 3.63) is 34.9 Å². The lowest BCUT2D eigenvalue weighted by Crippen LogP contribution is -2.51. The molecular formula is C17H21ClN2O5. The molecule has 8 heteroatoms. The van der Waals surface area contributed by atoms with Crippen molar-refractivity contribution in [2.24, 2.45) is 0 Å². The molecule has 2 amide bonds. The largest absolute Gasteiger partial charge is 0.481 e. The van der Waals surface area contributed by atoms with Crippen molar-refractivity contribution in [1.82, 2.24) is 10.6 Å². The van der Waals surface area contributed by atoms with Gasteiger partial charge in [-0.1, -0.05) is 23.7 Å². The van der Waals surface area contributed by atoms with E-state index in [4.69, 9.17) is 21.4 Å². The Morgan fingerprint density at radius 1 is 1.32 bits per heavy atom. The van der Waals surface area contributed by atoms with Gasteiger partial charge in [0.25, 0.3) is 0 Å². The summed E-state index contributed by atoms with van der Waals surface area (Å²) in [6.07, 6.45) is 0.226. The van der Waals surface area contributed by atoms with E-state index < -0.39 is 17.6 Å². The van der Waals surface area contributed by atoms with Crippen molar-refractivity contribution in [3.8, 4) is 0 Å². The summed E-state index contributed by atoms with van der Waals surface area (Å²) < 4.78 is 5.27. The average molecular weight is 369 g/mol. The zero-order chi connectivity index (χ0) is 18.4. The van der Waals surface area contributed by atoms with Gasteiger partial charge in [0.05, 0.1) is 31.0 Å². The third-order valence-corrected chi connectivity index (χ3v) is 4.29. The maximum absolute atomic E-state index is 12.5. The highest BCUT2D eigenvalue weighted by molar-refractivity contribution is 6.30. The van der Waals surface area contributed by atoms with Gasteiger partial charge in [-0.25, -0.2) is 0 Å². The van der Waals surface area contributed by atoms with E-state index in [1.165, 1.54) is 6.92 Å². The molecule has 136 valence electrons. The van der Waals surface area contributed by atoms with Crippen LogP contribution in [0.1, 0.15) is 37.8 Å².